The molecule has 0 saturated carbocycles. The molecular formula is C17H13N3O2. The van der Waals surface area contributed by atoms with Gasteiger partial charge < -0.3 is 14.5 Å². The van der Waals surface area contributed by atoms with E-state index in [1.807, 2.05) is 36.4 Å². The number of methoxy groups -OCH3 is 1. The van der Waals surface area contributed by atoms with Gasteiger partial charge in [-0.1, -0.05) is 0 Å². The van der Waals surface area contributed by atoms with Gasteiger partial charge in [-0.3, -0.25) is 0 Å². The smallest absolute Gasteiger partial charge is 0.165 e. The average Bonchev–Trinajstić information content (AvgIpc) is 3.04. The number of pyridine rings is 2. The Labute approximate surface area is 126 Å². The van der Waals surface area contributed by atoms with Crippen molar-refractivity contribution in [1.82, 2.24) is 9.97 Å². The van der Waals surface area contributed by atoms with Gasteiger partial charge in [0, 0.05) is 23.5 Å². The molecule has 0 amide bonds. The van der Waals surface area contributed by atoms with Crippen LogP contribution in [-0.2, 0) is 0 Å². The molecule has 0 saturated heterocycles. The lowest BCUT2D eigenvalue weighted by atomic mass is 10.2. The summed E-state index contributed by atoms with van der Waals surface area (Å²) >= 11 is 0. The predicted molar refractivity (Wildman–Crippen MR) is 85.6 cm³/mol. The van der Waals surface area contributed by atoms with Gasteiger partial charge >= 0.3 is 0 Å². The van der Waals surface area contributed by atoms with Crippen molar-refractivity contribution in [2.24, 2.45) is 0 Å². The predicted octanol–water partition coefficient (Wildman–Crippen LogP) is 4.13. The molecule has 0 atom stereocenters. The molecule has 0 unspecified atom stereocenters. The van der Waals surface area contributed by atoms with E-state index >= 15 is 0 Å². The standard InChI is InChI=1S/C17H13N3O2/c1-21-13-4-2-12(3-5-13)20-14-6-8-18-17-15(14)16-11(10-19-17)7-9-22-16/h2-10H,1H3,(H,18,19,20). The molecule has 0 bridgehead atoms. The summed E-state index contributed by atoms with van der Waals surface area (Å²) in [5.41, 5.74) is 3.30. The van der Waals surface area contributed by atoms with Gasteiger partial charge in [0.25, 0.3) is 0 Å². The zero-order valence-electron chi connectivity index (χ0n) is 11.9. The van der Waals surface area contributed by atoms with Gasteiger partial charge in [-0.25, -0.2) is 9.97 Å². The highest BCUT2D eigenvalue weighted by Gasteiger charge is 2.10. The third-order valence-corrected chi connectivity index (χ3v) is 3.55. The second kappa shape index (κ2) is 5.04. The normalized spacial score (nSPS) is 11.0. The Bertz CT molecular complexity index is 945. The van der Waals surface area contributed by atoms with Crippen LogP contribution in [0.2, 0.25) is 0 Å². The number of benzene rings is 1. The third kappa shape index (κ3) is 2.03. The summed E-state index contributed by atoms with van der Waals surface area (Å²) in [6, 6.07) is 11.5. The fourth-order valence-electron chi connectivity index (χ4n) is 2.46. The van der Waals surface area contributed by atoms with Crippen LogP contribution < -0.4 is 10.1 Å². The molecule has 5 nitrogen and oxygen atoms in total. The molecule has 1 aromatic carbocycles. The minimum Gasteiger partial charge on any atom is -0.497 e. The molecule has 0 aliphatic carbocycles. The number of nitrogens with zero attached hydrogens (tertiary/aromatic N) is 2. The Morgan fingerprint density at radius 2 is 1.91 bits per heavy atom. The number of hydrogen-bond donors (Lipinski definition) is 1. The zero-order valence-corrected chi connectivity index (χ0v) is 11.9. The van der Waals surface area contributed by atoms with E-state index in [4.69, 9.17) is 9.15 Å². The first-order valence-corrected chi connectivity index (χ1v) is 6.87. The minimum atomic E-state index is 0.654. The molecular weight excluding hydrogens is 278 g/mol. The molecule has 3 aromatic heterocycles. The second-order valence-electron chi connectivity index (χ2n) is 4.87. The van der Waals surface area contributed by atoms with E-state index in [0.717, 1.165) is 33.5 Å². The summed E-state index contributed by atoms with van der Waals surface area (Å²) in [6.45, 7) is 0. The highest BCUT2D eigenvalue weighted by atomic mass is 16.5. The fourth-order valence-corrected chi connectivity index (χ4v) is 2.46. The maximum atomic E-state index is 5.61. The monoisotopic (exact) mass is 291 g/mol. The summed E-state index contributed by atoms with van der Waals surface area (Å²) in [7, 11) is 1.65. The van der Waals surface area contributed by atoms with Gasteiger partial charge in [0.1, 0.15) is 11.3 Å². The topological polar surface area (TPSA) is 60.2 Å². The summed E-state index contributed by atoms with van der Waals surface area (Å²) in [5.74, 6) is 0.820. The highest BCUT2D eigenvalue weighted by molar-refractivity contribution is 6.08. The van der Waals surface area contributed by atoms with Crippen LogP contribution >= 0.6 is 0 Å². The van der Waals surface area contributed by atoms with Gasteiger partial charge in [-0.05, 0) is 36.4 Å². The van der Waals surface area contributed by atoms with Crippen LogP contribution in [0.15, 0.2) is 59.5 Å². The molecule has 4 aromatic rings. The highest BCUT2D eigenvalue weighted by Crippen LogP contribution is 2.31. The molecule has 3 heterocycles. The van der Waals surface area contributed by atoms with Crippen LogP contribution in [0.1, 0.15) is 0 Å². The minimum absolute atomic E-state index is 0.654. The number of hydrogen-bond acceptors (Lipinski definition) is 5. The SMILES string of the molecule is COc1ccc(Nc2ccnc3ncc4ccoc4c23)cc1. The van der Waals surface area contributed by atoms with E-state index in [-0.39, 0.29) is 0 Å². The number of anilines is 2. The molecule has 0 aliphatic rings. The molecule has 1 N–H and O–H groups in total. The van der Waals surface area contributed by atoms with E-state index < -0.39 is 0 Å². The average molecular weight is 291 g/mol. The maximum Gasteiger partial charge on any atom is 0.165 e. The van der Waals surface area contributed by atoms with Crippen molar-refractivity contribution in [1.29, 1.82) is 0 Å². The van der Waals surface area contributed by atoms with Crippen LogP contribution in [-0.4, -0.2) is 17.1 Å². The first kappa shape index (κ1) is 12.6. The van der Waals surface area contributed by atoms with Crippen LogP contribution in [0, 0.1) is 0 Å². The lowest BCUT2D eigenvalue weighted by Gasteiger charge is -2.10. The van der Waals surface area contributed by atoms with Crippen molar-refractivity contribution in [2.45, 2.75) is 0 Å². The summed E-state index contributed by atoms with van der Waals surface area (Å²) < 4.78 is 10.8. The second-order valence-corrected chi connectivity index (χ2v) is 4.87. The van der Waals surface area contributed by atoms with Crippen molar-refractivity contribution in [3.05, 3.63) is 55.1 Å². The number of aromatic nitrogens is 2. The van der Waals surface area contributed by atoms with E-state index in [0.29, 0.717) is 5.65 Å². The molecule has 0 spiro atoms. The number of fused-ring (bicyclic) bond motifs is 3. The van der Waals surface area contributed by atoms with Crippen LogP contribution in [0.4, 0.5) is 11.4 Å². The van der Waals surface area contributed by atoms with Crippen LogP contribution in [0.25, 0.3) is 22.0 Å². The lowest BCUT2D eigenvalue weighted by molar-refractivity contribution is 0.415. The summed E-state index contributed by atoms with van der Waals surface area (Å²) in [5, 5.41) is 5.22. The number of rotatable bonds is 3. The molecule has 0 radical (unpaired) electrons. The van der Waals surface area contributed by atoms with Gasteiger partial charge in [0.15, 0.2) is 5.65 Å². The van der Waals surface area contributed by atoms with E-state index in [2.05, 4.69) is 15.3 Å². The van der Waals surface area contributed by atoms with Crippen LogP contribution in [0.5, 0.6) is 5.75 Å². The number of furan rings is 1. The molecule has 0 aliphatic heterocycles. The molecule has 108 valence electrons. The van der Waals surface area contributed by atoms with Crippen molar-refractivity contribution in [3.8, 4) is 5.75 Å². The van der Waals surface area contributed by atoms with Gasteiger partial charge in [-0.2, -0.15) is 0 Å². The van der Waals surface area contributed by atoms with Gasteiger partial charge in [-0.15, -0.1) is 0 Å². The Morgan fingerprint density at radius 3 is 2.73 bits per heavy atom. The molecule has 22 heavy (non-hydrogen) atoms. The molecule has 5 heteroatoms. The Morgan fingerprint density at radius 1 is 1.05 bits per heavy atom. The quantitative estimate of drug-likeness (QED) is 0.615. The first-order valence-electron chi connectivity index (χ1n) is 6.87. The Balaban J connectivity index is 1.84. The van der Waals surface area contributed by atoms with Crippen molar-refractivity contribution in [2.75, 3.05) is 12.4 Å². The third-order valence-electron chi connectivity index (χ3n) is 3.55. The van der Waals surface area contributed by atoms with E-state index in [1.165, 1.54) is 0 Å². The summed E-state index contributed by atoms with van der Waals surface area (Å²) in [4.78, 5) is 8.69. The largest absolute Gasteiger partial charge is 0.497 e. The maximum absolute atomic E-state index is 5.61. The Kier molecular flexibility index (Phi) is 2.89. The van der Waals surface area contributed by atoms with Crippen LogP contribution in [0.3, 0.4) is 0 Å². The Hall–Kier alpha value is -3.08. The number of nitrogens with one attached hydrogen (secondary N) is 1. The van der Waals surface area contributed by atoms with E-state index in [9.17, 15) is 0 Å². The molecule has 0 fully saturated rings. The van der Waals surface area contributed by atoms with Crippen molar-refractivity contribution >= 4 is 33.4 Å². The van der Waals surface area contributed by atoms with E-state index in [1.54, 1.807) is 25.8 Å². The molecule has 4 rings (SSSR count). The number of ether oxygens (including phenoxy) is 1. The van der Waals surface area contributed by atoms with Gasteiger partial charge in [0.2, 0.25) is 0 Å². The van der Waals surface area contributed by atoms with Crippen molar-refractivity contribution in [3.63, 3.8) is 0 Å². The first-order chi connectivity index (χ1) is 10.8. The zero-order chi connectivity index (χ0) is 14.9. The van der Waals surface area contributed by atoms with Crippen molar-refractivity contribution < 1.29 is 9.15 Å². The lowest BCUT2D eigenvalue weighted by Crippen LogP contribution is -1.94. The fraction of sp³-hybridized carbons (Fsp3) is 0.0588. The van der Waals surface area contributed by atoms with Gasteiger partial charge in [0.05, 0.1) is 24.4 Å². The summed E-state index contributed by atoms with van der Waals surface area (Å²) in [6.07, 6.45) is 5.16.